The zero-order chi connectivity index (χ0) is 16.7. The Bertz CT molecular complexity index is 717. The number of carbonyl (C=O) groups is 1. The van der Waals surface area contributed by atoms with Crippen molar-refractivity contribution >= 4 is 23.6 Å². The van der Waals surface area contributed by atoms with Crippen LogP contribution in [-0.2, 0) is 11.4 Å². The van der Waals surface area contributed by atoms with Gasteiger partial charge < -0.3 is 9.47 Å². The summed E-state index contributed by atoms with van der Waals surface area (Å²) in [6.45, 7) is 0.334. The lowest BCUT2D eigenvalue weighted by molar-refractivity contribution is -0.116. The van der Waals surface area contributed by atoms with Gasteiger partial charge in [0.05, 0.1) is 7.11 Å². The second kappa shape index (κ2) is 8.22. The Balaban J connectivity index is 2.12. The molecule has 0 fully saturated rings. The molecule has 0 unspecified atom stereocenters. The van der Waals surface area contributed by atoms with Crippen molar-refractivity contribution in [2.45, 2.75) is 6.61 Å². The summed E-state index contributed by atoms with van der Waals surface area (Å²) in [6, 6.07) is 12.8. The summed E-state index contributed by atoms with van der Waals surface area (Å²) in [5, 5.41) is 0.652. The molecule has 0 saturated carbocycles. The lowest BCUT2D eigenvalue weighted by Crippen LogP contribution is -2.27. The van der Waals surface area contributed by atoms with Crippen LogP contribution in [0, 0.1) is 0 Å². The van der Waals surface area contributed by atoms with Gasteiger partial charge in [-0.25, -0.2) is 5.84 Å². The molecule has 0 bridgehead atoms. The second-order valence-electron chi connectivity index (χ2n) is 4.63. The quantitative estimate of drug-likeness (QED) is 0.369. The predicted octanol–water partition coefficient (Wildman–Crippen LogP) is 2.93. The molecule has 0 atom stereocenters. The number of methoxy groups -OCH3 is 1. The number of amides is 1. The third kappa shape index (κ3) is 4.74. The van der Waals surface area contributed by atoms with E-state index < -0.39 is 0 Å². The Labute approximate surface area is 139 Å². The van der Waals surface area contributed by atoms with Crippen molar-refractivity contribution in [3.63, 3.8) is 0 Å². The Hall–Kier alpha value is -2.50. The van der Waals surface area contributed by atoms with Gasteiger partial charge in [0.25, 0.3) is 5.91 Å². The molecule has 0 aliphatic heterocycles. The summed E-state index contributed by atoms with van der Waals surface area (Å²) in [5.74, 6) is 5.78. The maximum Gasteiger partial charge on any atom is 0.257 e. The second-order valence-corrected chi connectivity index (χ2v) is 5.04. The fourth-order valence-corrected chi connectivity index (χ4v) is 2.09. The molecule has 120 valence electrons. The van der Waals surface area contributed by atoms with Crippen LogP contribution >= 0.6 is 11.6 Å². The highest BCUT2D eigenvalue weighted by Gasteiger charge is 2.07. The molecule has 0 spiro atoms. The normalized spacial score (nSPS) is 10.6. The predicted molar refractivity (Wildman–Crippen MR) is 90.1 cm³/mol. The molecule has 2 aromatic carbocycles. The van der Waals surface area contributed by atoms with Crippen molar-refractivity contribution in [3.05, 3.63) is 64.7 Å². The van der Waals surface area contributed by atoms with E-state index in [2.05, 4.69) is 0 Å². The highest BCUT2D eigenvalue weighted by atomic mass is 35.5. The monoisotopic (exact) mass is 332 g/mol. The highest BCUT2D eigenvalue weighted by Crippen LogP contribution is 2.30. The van der Waals surface area contributed by atoms with Gasteiger partial charge in [0.2, 0.25) is 0 Å². The number of carbonyl (C=O) groups excluding carboxylic acids is 1. The fraction of sp³-hybridized carbons (Fsp3) is 0.118. The SMILES string of the molecule is COc1cc(/C=C/C(=O)NN)ccc1OCc1ccccc1Cl. The molecule has 1 amide bonds. The van der Waals surface area contributed by atoms with Crippen LogP contribution in [0.5, 0.6) is 11.5 Å². The minimum Gasteiger partial charge on any atom is -0.493 e. The van der Waals surface area contributed by atoms with E-state index in [1.54, 1.807) is 25.3 Å². The van der Waals surface area contributed by atoms with E-state index in [0.717, 1.165) is 11.1 Å². The van der Waals surface area contributed by atoms with Gasteiger partial charge >= 0.3 is 0 Å². The summed E-state index contributed by atoms with van der Waals surface area (Å²) in [5.41, 5.74) is 3.70. The molecule has 5 nitrogen and oxygen atoms in total. The number of hydrazine groups is 1. The molecule has 2 aromatic rings. The molecule has 0 aliphatic rings. The van der Waals surface area contributed by atoms with Crippen molar-refractivity contribution in [1.29, 1.82) is 0 Å². The summed E-state index contributed by atoms with van der Waals surface area (Å²) in [6.07, 6.45) is 2.96. The summed E-state index contributed by atoms with van der Waals surface area (Å²) >= 11 is 6.11. The number of hydrogen-bond donors (Lipinski definition) is 2. The third-order valence-corrected chi connectivity index (χ3v) is 3.47. The number of rotatable bonds is 6. The number of nitrogens with two attached hydrogens (primary N) is 1. The number of hydrogen-bond acceptors (Lipinski definition) is 4. The average molecular weight is 333 g/mol. The third-order valence-electron chi connectivity index (χ3n) is 3.10. The van der Waals surface area contributed by atoms with Gasteiger partial charge in [0.1, 0.15) is 6.61 Å². The van der Waals surface area contributed by atoms with Gasteiger partial charge in [0.15, 0.2) is 11.5 Å². The first-order chi connectivity index (χ1) is 11.1. The van der Waals surface area contributed by atoms with Crippen molar-refractivity contribution in [3.8, 4) is 11.5 Å². The maximum atomic E-state index is 11.1. The van der Waals surface area contributed by atoms with Gasteiger partial charge in [0, 0.05) is 16.7 Å². The topological polar surface area (TPSA) is 73.6 Å². The lowest BCUT2D eigenvalue weighted by Gasteiger charge is -2.12. The van der Waals surface area contributed by atoms with Crippen LogP contribution in [0.4, 0.5) is 0 Å². The molecule has 6 heteroatoms. The summed E-state index contributed by atoms with van der Waals surface area (Å²) < 4.78 is 11.1. The van der Waals surface area contributed by atoms with E-state index in [1.807, 2.05) is 35.8 Å². The molecular weight excluding hydrogens is 316 g/mol. The Morgan fingerprint density at radius 1 is 1.26 bits per heavy atom. The number of nitrogens with one attached hydrogen (secondary N) is 1. The Morgan fingerprint density at radius 2 is 2.04 bits per heavy atom. The molecule has 0 saturated heterocycles. The van der Waals surface area contributed by atoms with Crippen molar-refractivity contribution in [2.24, 2.45) is 5.84 Å². The standard InChI is InChI=1S/C17H17ClN2O3/c1-22-16-10-12(7-9-17(21)20-19)6-8-15(16)23-11-13-4-2-3-5-14(13)18/h2-10H,11,19H2,1H3,(H,20,21)/b9-7+. The first-order valence-electron chi connectivity index (χ1n) is 6.87. The molecule has 23 heavy (non-hydrogen) atoms. The maximum absolute atomic E-state index is 11.1. The average Bonchev–Trinajstić information content (AvgIpc) is 2.59. The molecule has 3 N–H and O–H groups in total. The Morgan fingerprint density at radius 3 is 2.74 bits per heavy atom. The van der Waals surface area contributed by atoms with E-state index in [1.165, 1.54) is 6.08 Å². The fourth-order valence-electron chi connectivity index (χ4n) is 1.90. The lowest BCUT2D eigenvalue weighted by atomic mass is 10.2. The van der Waals surface area contributed by atoms with Crippen LogP contribution in [0.1, 0.15) is 11.1 Å². The van der Waals surface area contributed by atoms with Gasteiger partial charge in [-0.15, -0.1) is 0 Å². The largest absolute Gasteiger partial charge is 0.493 e. The number of ether oxygens (including phenoxy) is 2. The van der Waals surface area contributed by atoms with Crippen molar-refractivity contribution in [1.82, 2.24) is 5.43 Å². The van der Waals surface area contributed by atoms with Crippen LogP contribution in [0.15, 0.2) is 48.5 Å². The Kier molecular flexibility index (Phi) is 6.02. The summed E-state index contributed by atoms with van der Waals surface area (Å²) in [7, 11) is 1.55. The molecule has 0 radical (unpaired) electrons. The van der Waals surface area contributed by atoms with Crippen LogP contribution in [0.25, 0.3) is 6.08 Å². The van der Waals surface area contributed by atoms with Gasteiger partial charge in [-0.2, -0.15) is 0 Å². The number of benzene rings is 2. The molecular formula is C17H17ClN2O3. The molecule has 0 aliphatic carbocycles. The summed E-state index contributed by atoms with van der Waals surface area (Å²) in [4.78, 5) is 11.1. The van der Waals surface area contributed by atoms with E-state index in [9.17, 15) is 4.79 Å². The van der Waals surface area contributed by atoms with Crippen LogP contribution < -0.4 is 20.7 Å². The highest BCUT2D eigenvalue weighted by molar-refractivity contribution is 6.31. The van der Waals surface area contributed by atoms with Gasteiger partial charge in [-0.3, -0.25) is 10.2 Å². The smallest absolute Gasteiger partial charge is 0.257 e. The van der Waals surface area contributed by atoms with E-state index >= 15 is 0 Å². The zero-order valence-corrected chi connectivity index (χ0v) is 13.3. The van der Waals surface area contributed by atoms with Crippen molar-refractivity contribution < 1.29 is 14.3 Å². The first kappa shape index (κ1) is 16.9. The van der Waals surface area contributed by atoms with Crippen molar-refractivity contribution in [2.75, 3.05) is 7.11 Å². The molecule has 0 aromatic heterocycles. The van der Waals surface area contributed by atoms with Gasteiger partial charge in [-0.05, 0) is 29.8 Å². The van der Waals surface area contributed by atoms with Crippen LogP contribution in [0.3, 0.4) is 0 Å². The van der Waals surface area contributed by atoms with Gasteiger partial charge in [-0.1, -0.05) is 35.9 Å². The van der Waals surface area contributed by atoms with E-state index in [4.69, 9.17) is 26.9 Å². The van der Waals surface area contributed by atoms with Crippen LogP contribution in [0.2, 0.25) is 5.02 Å². The van der Waals surface area contributed by atoms with E-state index in [0.29, 0.717) is 23.1 Å². The van der Waals surface area contributed by atoms with E-state index in [-0.39, 0.29) is 5.91 Å². The zero-order valence-electron chi connectivity index (χ0n) is 12.6. The number of halogens is 1. The minimum atomic E-state index is -0.386. The molecule has 0 heterocycles. The molecule has 2 rings (SSSR count). The van der Waals surface area contributed by atoms with Crippen LogP contribution in [-0.4, -0.2) is 13.0 Å². The minimum absolute atomic E-state index is 0.334. The first-order valence-corrected chi connectivity index (χ1v) is 7.24.